The van der Waals surface area contributed by atoms with Crippen molar-refractivity contribution in [1.29, 1.82) is 0 Å². The highest BCUT2D eigenvalue weighted by atomic mass is 32.2. The van der Waals surface area contributed by atoms with E-state index in [4.69, 9.17) is 9.84 Å². The fraction of sp³-hybridized carbons (Fsp3) is 0.200. The van der Waals surface area contributed by atoms with Crippen LogP contribution in [0.3, 0.4) is 0 Å². The van der Waals surface area contributed by atoms with E-state index in [1.807, 2.05) is 0 Å². The molecule has 0 saturated carbocycles. The molecule has 2 aromatic rings. The van der Waals surface area contributed by atoms with Gasteiger partial charge in [-0.1, -0.05) is 17.8 Å². The molecule has 1 atom stereocenters. The number of hydrogen-bond donors (Lipinski definition) is 2. The van der Waals surface area contributed by atoms with Crippen LogP contribution in [0.1, 0.15) is 16.8 Å². The van der Waals surface area contributed by atoms with Gasteiger partial charge in [0.05, 0.1) is 18.4 Å². The Balaban J connectivity index is 1.65. The number of carbonyl (C=O) groups excluding carboxylic acids is 2. The van der Waals surface area contributed by atoms with Crippen molar-refractivity contribution < 1.29 is 24.2 Å². The molecule has 1 aliphatic heterocycles. The quantitative estimate of drug-likeness (QED) is 0.754. The number of ether oxygens (including phenoxy) is 1. The van der Waals surface area contributed by atoms with Crippen LogP contribution in [-0.2, 0) is 9.59 Å². The smallest absolute Gasteiger partial charge is 0.335 e. The number of benzene rings is 2. The van der Waals surface area contributed by atoms with Crippen molar-refractivity contribution >= 4 is 46.1 Å². The van der Waals surface area contributed by atoms with Gasteiger partial charge in [-0.05, 0) is 36.4 Å². The third-order valence-electron chi connectivity index (χ3n) is 4.21. The SMILES string of the molecule is COc1cccc(N=C2SC(CC(=O)Nc3ccc(C(=O)O)cc3)C(=O)N2C)c1. The normalized spacial score (nSPS) is 17.4. The first-order chi connectivity index (χ1) is 13.9. The number of amidine groups is 1. The number of hydrogen-bond acceptors (Lipinski definition) is 6. The number of nitrogens with zero attached hydrogens (tertiary/aromatic N) is 2. The summed E-state index contributed by atoms with van der Waals surface area (Å²) in [6, 6.07) is 13.0. The van der Waals surface area contributed by atoms with E-state index in [1.165, 1.54) is 40.9 Å². The van der Waals surface area contributed by atoms with E-state index >= 15 is 0 Å². The van der Waals surface area contributed by atoms with E-state index in [2.05, 4.69) is 10.3 Å². The Kier molecular flexibility index (Phi) is 6.18. The highest BCUT2D eigenvalue weighted by Gasteiger charge is 2.37. The van der Waals surface area contributed by atoms with Crippen LogP contribution in [0.25, 0.3) is 0 Å². The van der Waals surface area contributed by atoms with Crippen LogP contribution in [0.15, 0.2) is 53.5 Å². The predicted molar refractivity (Wildman–Crippen MR) is 111 cm³/mol. The van der Waals surface area contributed by atoms with Crippen molar-refractivity contribution in [3.05, 3.63) is 54.1 Å². The molecule has 2 aromatic carbocycles. The lowest BCUT2D eigenvalue weighted by Crippen LogP contribution is -2.30. The second-order valence-electron chi connectivity index (χ2n) is 6.23. The lowest BCUT2D eigenvalue weighted by atomic mass is 10.2. The molecule has 1 fully saturated rings. The summed E-state index contributed by atoms with van der Waals surface area (Å²) in [6.45, 7) is 0. The molecule has 0 aliphatic carbocycles. The van der Waals surface area contributed by atoms with Crippen LogP contribution >= 0.6 is 11.8 Å². The lowest BCUT2D eigenvalue weighted by molar-refractivity contribution is -0.127. The molecule has 150 valence electrons. The van der Waals surface area contributed by atoms with E-state index in [0.29, 0.717) is 22.3 Å². The van der Waals surface area contributed by atoms with Gasteiger partial charge in [-0.2, -0.15) is 0 Å². The molecule has 29 heavy (non-hydrogen) atoms. The standard InChI is InChI=1S/C20H19N3O5S/c1-23-18(25)16(29-20(23)22-14-4-3-5-15(10-14)28-2)11-17(24)21-13-8-6-12(7-9-13)19(26)27/h3-10,16H,11H2,1-2H3,(H,21,24)(H,26,27). The number of amides is 2. The number of aromatic carboxylic acids is 1. The third kappa shape index (κ3) is 4.94. The number of aliphatic imine (C=N–C) groups is 1. The second kappa shape index (κ2) is 8.78. The van der Waals surface area contributed by atoms with E-state index < -0.39 is 11.2 Å². The zero-order valence-corrected chi connectivity index (χ0v) is 16.6. The van der Waals surface area contributed by atoms with E-state index in [-0.39, 0.29) is 23.8 Å². The van der Waals surface area contributed by atoms with Gasteiger partial charge in [0.1, 0.15) is 11.0 Å². The van der Waals surface area contributed by atoms with Gasteiger partial charge < -0.3 is 15.2 Å². The molecule has 0 aromatic heterocycles. The van der Waals surface area contributed by atoms with Gasteiger partial charge >= 0.3 is 5.97 Å². The molecule has 0 spiro atoms. The summed E-state index contributed by atoms with van der Waals surface area (Å²) in [5.41, 5.74) is 1.24. The number of methoxy groups -OCH3 is 1. The molecule has 0 bridgehead atoms. The van der Waals surface area contributed by atoms with Crippen molar-refractivity contribution in [3.8, 4) is 5.75 Å². The summed E-state index contributed by atoms with van der Waals surface area (Å²) < 4.78 is 5.18. The number of carbonyl (C=O) groups is 3. The van der Waals surface area contributed by atoms with Gasteiger partial charge in [0.25, 0.3) is 0 Å². The maximum absolute atomic E-state index is 12.5. The average molecular weight is 413 g/mol. The highest BCUT2D eigenvalue weighted by Crippen LogP contribution is 2.31. The molecule has 0 radical (unpaired) electrons. The summed E-state index contributed by atoms with van der Waals surface area (Å²) >= 11 is 1.23. The van der Waals surface area contributed by atoms with Crippen LogP contribution in [0.5, 0.6) is 5.75 Å². The Labute approximate surface area is 171 Å². The molecule has 2 N–H and O–H groups in total. The Morgan fingerprint density at radius 3 is 2.62 bits per heavy atom. The number of anilines is 1. The van der Waals surface area contributed by atoms with Crippen molar-refractivity contribution in [2.45, 2.75) is 11.7 Å². The topological polar surface area (TPSA) is 108 Å². The van der Waals surface area contributed by atoms with Crippen LogP contribution in [0.2, 0.25) is 0 Å². The number of rotatable bonds is 6. The first kappa shape index (κ1) is 20.4. The van der Waals surface area contributed by atoms with Gasteiger partial charge in [0.2, 0.25) is 11.8 Å². The molecular formula is C20H19N3O5S. The molecule has 1 saturated heterocycles. The molecule has 3 rings (SSSR count). The van der Waals surface area contributed by atoms with Crippen molar-refractivity contribution in [2.75, 3.05) is 19.5 Å². The Hall–Kier alpha value is -3.33. The fourth-order valence-corrected chi connectivity index (χ4v) is 3.82. The predicted octanol–water partition coefficient (Wildman–Crippen LogP) is 2.98. The fourth-order valence-electron chi connectivity index (χ4n) is 2.66. The molecular weight excluding hydrogens is 394 g/mol. The minimum atomic E-state index is -1.04. The summed E-state index contributed by atoms with van der Waals surface area (Å²) in [6.07, 6.45) is -0.0222. The van der Waals surface area contributed by atoms with Gasteiger partial charge in [-0.25, -0.2) is 9.79 Å². The largest absolute Gasteiger partial charge is 0.497 e. The molecule has 1 heterocycles. The molecule has 1 unspecified atom stereocenters. The van der Waals surface area contributed by atoms with Crippen LogP contribution in [0, 0.1) is 0 Å². The summed E-state index contributed by atoms with van der Waals surface area (Å²) in [5, 5.41) is 11.5. The third-order valence-corrected chi connectivity index (χ3v) is 5.43. The molecule has 8 nitrogen and oxygen atoms in total. The number of carboxylic acid groups (broad SMARTS) is 1. The average Bonchev–Trinajstić information content (AvgIpc) is 2.96. The minimum Gasteiger partial charge on any atom is -0.497 e. The maximum atomic E-state index is 12.5. The zero-order chi connectivity index (χ0) is 21.0. The first-order valence-electron chi connectivity index (χ1n) is 8.67. The second-order valence-corrected chi connectivity index (χ2v) is 7.40. The van der Waals surface area contributed by atoms with Crippen molar-refractivity contribution in [2.24, 2.45) is 4.99 Å². The van der Waals surface area contributed by atoms with Crippen LogP contribution < -0.4 is 10.1 Å². The summed E-state index contributed by atoms with van der Waals surface area (Å²) in [7, 11) is 3.19. The van der Waals surface area contributed by atoms with Crippen molar-refractivity contribution in [3.63, 3.8) is 0 Å². The van der Waals surface area contributed by atoms with Gasteiger partial charge in [-0.3, -0.25) is 14.5 Å². The first-order valence-corrected chi connectivity index (χ1v) is 9.55. The Morgan fingerprint density at radius 1 is 1.24 bits per heavy atom. The van der Waals surface area contributed by atoms with Gasteiger partial charge in [0, 0.05) is 25.2 Å². The van der Waals surface area contributed by atoms with E-state index in [1.54, 1.807) is 38.4 Å². The Bertz CT molecular complexity index is 974. The monoisotopic (exact) mass is 413 g/mol. The Morgan fingerprint density at radius 2 is 1.97 bits per heavy atom. The summed E-state index contributed by atoms with van der Waals surface area (Å²) in [5.74, 6) is -0.918. The summed E-state index contributed by atoms with van der Waals surface area (Å²) in [4.78, 5) is 41.6. The number of carboxylic acids is 1. The maximum Gasteiger partial charge on any atom is 0.335 e. The van der Waals surface area contributed by atoms with Crippen molar-refractivity contribution in [1.82, 2.24) is 4.90 Å². The van der Waals surface area contributed by atoms with Crippen LogP contribution in [-0.4, -0.2) is 52.4 Å². The van der Waals surface area contributed by atoms with E-state index in [0.717, 1.165) is 0 Å². The minimum absolute atomic E-state index is 0.0222. The van der Waals surface area contributed by atoms with Crippen LogP contribution in [0.4, 0.5) is 11.4 Å². The lowest BCUT2D eigenvalue weighted by Gasteiger charge is -2.09. The van der Waals surface area contributed by atoms with Gasteiger partial charge in [0.15, 0.2) is 5.17 Å². The molecule has 1 aliphatic rings. The zero-order valence-electron chi connectivity index (χ0n) is 15.8. The number of nitrogens with one attached hydrogen (secondary N) is 1. The molecule has 2 amide bonds. The molecule has 9 heteroatoms. The van der Waals surface area contributed by atoms with Gasteiger partial charge in [-0.15, -0.1) is 0 Å². The van der Waals surface area contributed by atoms with E-state index in [9.17, 15) is 14.4 Å². The highest BCUT2D eigenvalue weighted by molar-refractivity contribution is 8.15. The number of thioether (sulfide) groups is 1.